The maximum absolute atomic E-state index is 13.3. The number of rotatable bonds is 4. The Morgan fingerprint density at radius 3 is 2.21 bits per heavy atom. The monoisotopic (exact) mass is 383 g/mol. The van der Waals surface area contributed by atoms with Crippen molar-refractivity contribution in [3.05, 3.63) is 29.3 Å². The molecule has 1 aliphatic heterocycles. The van der Waals surface area contributed by atoms with Crippen LogP contribution in [0, 0.1) is 12.8 Å². The van der Waals surface area contributed by atoms with Gasteiger partial charge >= 0.3 is 6.03 Å². The first-order chi connectivity index (χ1) is 13.5. The highest BCUT2D eigenvalue weighted by Gasteiger charge is 2.39. The highest BCUT2D eigenvalue weighted by molar-refractivity contribution is 6.04. The third-order valence-electron chi connectivity index (χ3n) is 6.68. The molecule has 5 heteroatoms. The Morgan fingerprint density at radius 1 is 1.00 bits per heavy atom. The summed E-state index contributed by atoms with van der Waals surface area (Å²) in [5, 5.41) is 3.15. The van der Waals surface area contributed by atoms with Crippen molar-refractivity contribution < 1.29 is 9.59 Å². The van der Waals surface area contributed by atoms with Crippen molar-refractivity contribution in [1.29, 1.82) is 0 Å². The van der Waals surface area contributed by atoms with Crippen molar-refractivity contribution >= 4 is 17.6 Å². The van der Waals surface area contributed by atoms with Crippen molar-refractivity contribution in [2.75, 3.05) is 18.4 Å². The number of benzene rings is 1. The van der Waals surface area contributed by atoms with E-state index in [1.54, 1.807) is 0 Å². The molecule has 5 nitrogen and oxygen atoms in total. The molecule has 1 N–H and O–H groups in total. The van der Waals surface area contributed by atoms with Crippen LogP contribution in [-0.2, 0) is 0 Å². The van der Waals surface area contributed by atoms with Crippen molar-refractivity contribution in [1.82, 2.24) is 9.80 Å². The van der Waals surface area contributed by atoms with Gasteiger partial charge < -0.3 is 15.1 Å². The van der Waals surface area contributed by atoms with Gasteiger partial charge in [-0.05, 0) is 75.8 Å². The van der Waals surface area contributed by atoms with Gasteiger partial charge in [0, 0.05) is 25.2 Å². The van der Waals surface area contributed by atoms with Crippen molar-refractivity contribution in [2.24, 2.45) is 5.92 Å². The Morgan fingerprint density at radius 2 is 1.61 bits per heavy atom. The van der Waals surface area contributed by atoms with E-state index in [0.717, 1.165) is 63.1 Å². The van der Waals surface area contributed by atoms with Crippen LogP contribution in [-0.4, -0.2) is 46.9 Å². The van der Waals surface area contributed by atoms with E-state index in [1.165, 1.54) is 12.8 Å². The van der Waals surface area contributed by atoms with Gasteiger partial charge in [0.05, 0.1) is 11.3 Å². The molecule has 0 radical (unpaired) electrons. The lowest BCUT2D eigenvalue weighted by atomic mass is 9.86. The van der Waals surface area contributed by atoms with E-state index in [4.69, 9.17) is 0 Å². The number of anilines is 1. The zero-order chi connectivity index (χ0) is 19.7. The summed E-state index contributed by atoms with van der Waals surface area (Å²) in [6.45, 7) is 5.91. The molecule has 1 saturated heterocycles. The molecule has 1 heterocycles. The van der Waals surface area contributed by atoms with Crippen LogP contribution in [0.4, 0.5) is 10.5 Å². The molecule has 1 aromatic carbocycles. The predicted octanol–water partition coefficient (Wildman–Crippen LogP) is 4.81. The van der Waals surface area contributed by atoms with E-state index >= 15 is 0 Å². The number of nitrogens with one attached hydrogen (secondary N) is 1. The Hall–Kier alpha value is -2.04. The summed E-state index contributed by atoms with van der Waals surface area (Å²) in [7, 11) is 0. The number of likely N-dealkylation sites (tertiary alicyclic amines) is 1. The fourth-order valence-corrected chi connectivity index (χ4v) is 4.78. The second kappa shape index (κ2) is 8.14. The molecule has 0 spiro atoms. The molecule has 1 aromatic rings. The summed E-state index contributed by atoms with van der Waals surface area (Å²) in [5.41, 5.74) is 2.27. The first-order valence-electron chi connectivity index (χ1n) is 11.0. The molecule has 2 saturated carbocycles. The fraction of sp³-hybridized carbons (Fsp3) is 0.652. The molecule has 0 aromatic heterocycles. The zero-order valence-corrected chi connectivity index (χ0v) is 17.2. The van der Waals surface area contributed by atoms with Crippen LogP contribution in [0.15, 0.2) is 18.2 Å². The number of para-hydroxylation sites is 1. The maximum atomic E-state index is 13.3. The lowest BCUT2D eigenvalue weighted by Crippen LogP contribution is -2.46. The Bertz CT molecular complexity index is 729. The summed E-state index contributed by atoms with van der Waals surface area (Å²) in [5.74, 6) is 0.808. The number of nitrogens with zero attached hydrogens (tertiary/aromatic N) is 2. The van der Waals surface area contributed by atoms with E-state index in [1.807, 2.05) is 30.0 Å². The van der Waals surface area contributed by atoms with Gasteiger partial charge in [-0.2, -0.15) is 0 Å². The number of hydrogen-bond acceptors (Lipinski definition) is 2. The number of urea groups is 1. The third-order valence-corrected chi connectivity index (χ3v) is 6.68. The molecule has 4 rings (SSSR count). The van der Waals surface area contributed by atoms with Crippen LogP contribution in [0.25, 0.3) is 0 Å². The second-order valence-corrected chi connectivity index (χ2v) is 8.98. The summed E-state index contributed by atoms with van der Waals surface area (Å²) in [6.07, 6.45) is 8.93. The highest BCUT2D eigenvalue weighted by Crippen LogP contribution is 2.36. The fourth-order valence-electron chi connectivity index (χ4n) is 4.78. The molecule has 3 amide bonds. The molecular formula is C23H33N3O2. The van der Waals surface area contributed by atoms with E-state index in [-0.39, 0.29) is 11.9 Å². The van der Waals surface area contributed by atoms with Crippen LogP contribution in [0.5, 0.6) is 0 Å². The zero-order valence-electron chi connectivity index (χ0n) is 17.2. The van der Waals surface area contributed by atoms with Crippen LogP contribution < -0.4 is 5.32 Å². The predicted molar refractivity (Wildman–Crippen MR) is 112 cm³/mol. The Kier molecular flexibility index (Phi) is 5.61. The quantitative estimate of drug-likeness (QED) is 0.811. The van der Waals surface area contributed by atoms with Crippen LogP contribution in [0.3, 0.4) is 0 Å². The molecule has 3 aliphatic rings. The Balaban J connectivity index is 1.54. The summed E-state index contributed by atoms with van der Waals surface area (Å²) in [4.78, 5) is 30.3. The number of carbonyl (C=O) groups is 2. The lowest BCUT2D eigenvalue weighted by molar-refractivity contribution is 0.0793. The average Bonchev–Trinajstić information content (AvgIpc) is 3.36. The molecule has 0 atom stereocenters. The van der Waals surface area contributed by atoms with Crippen molar-refractivity contribution in [2.45, 2.75) is 77.3 Å². The average molecular weight is 384 g/mol. The van der Waals surface area contributed by atoms with E-state index in [2.05, 4.69) is 17.1 Å². The number of hydrogen-bond donors (Lipinski definition) is 1. The van der Waals surface area contributed by atoms with Crippen LogP contribution in [0.2, 0.25) is 0 Å². The van der Waals surface area contributed by atoms with Gasteiger partial charge in [-0.3, -0.25) is 4.79 Å². The first-order valence-corrected chi connectivity index (χ1v) is 11.0. The standard InChI is InChI=1S/C23H33N3O2/c1-16-8-10-18(11-9-16)26(19-12-13-19)23(28)24-21-17(2)6-5-7-20(21)22(27)25-14-3-4-15-25/h5-7,16,18-19H,3-4,8-15H2,1-2H3,(H,24,28). The van der Waals surface area contributed by atoms with Crippen LogP contribution in [0.1, 0.15) is 74.2 Å². The van der Waals surface area contributed by atoms with Gasteiger partial charge in [0.2, 0.25) is 0 Å². The highest BCUT2D eigenvalue weighted by atomic mass is 16.2. The summed E-state index contributed by atoms with van der Waals surface area (Å²) < 4.78 is 0. The normalized spacial score (nSPS) is 24.9. The lowest BCUT2D eigenvalue weighted by Gasteiger charge is -2.36. The first kappa shape index (κ1) is 19.3. The summed E-state index contributed by atoms with van der Waals surface area (Å²) in [6, 6.07) is 6.43. The van der Waals surface area contributed by atoms with E-state index in [0.29, 0.717) is 23.3 Å². The number of carbonyl (C=O) groups excluding carboxylic acids is 2. The molecule has 0 unspecified atom stereocenters. The minimum atomic E-state index is -0.0215. The maximum Gasteiger partial charge on any atom is 0.322 e. The molecule has 2 aliphatic carbocycles. The van der Waals surface area contributed by atoms with Crippen molar-refractivity contribution in [3.63, 3.8) is 0 Å². The van der Waals surface area contributed by atoms with Gasteiger partial charge in [0.15, 0.2) is 0 Å². The van der Waals surface area contributed by atoms with E-state index in [9.17, 15) is 9.59 Å². The SMILES string of the molecule is Cc1cccc(C(=O)N2CCCC2)c1NC(=O)N(C1CCC(C)CC1)C1CC1. The van der Waals surface area contributed by atoms with Gasteiger partial charge in [-0.15, -0.1) is 0 Å². The molecule has 152 valence electrons. The molecule has 28 heavy (non-hydrogen) atoms. The third kappa shape index (κ3) is 4.03. The van der Waals surface area contributed by atoms with Gasteiger partial charge in [-0.1, -0.05) is 19.1 Å². The minimum absolute atomic E-state index is 0.0215. The van der Waals surface area contributed by atoms with E-state index < -0.39 is 0 Å². The minimum Gasteiger partial charge on any atom is -0.339 e. The largest absolute Gasteiger partial charge is 0.339 e. The number of aryl methyl sites for hydroxylation is 1. The molecule has 3 fully saturated rings. The smallest absolute Gasteiger partial charge is 0.322 e. The van der Waals surface area contributed by atoms with Crippen LogP contribution >= 0.6 is 0 Å². The van der Waals surface area contributed by atoms with Crippen molar-refractivity contribution in [3.8, 4) is 0 Å². The summed E-state index contributed by atoms with van der Waals surface area (Å²) >= 11 is 0. The second-order valence-electron chi connectivity index (χ2n) is 8.98. The van der Waals surface area contributed by atoms with Gasteiger partial charge in [-0.25, -0.2) is 4.79 Å². The Labute approximate surface area is 168 Å². The number of amides is 3. The van der Waals surface area contributed by atoms with Gasteiger partial charge in [0.25, 0.3) is 5.91 Å². The topological polar surface area (TPSA) is 52.7 Å². The molecule has 0 bridgehead atoms. The molecular weight excluding hydrogens is 350 g/mol. The van der Waals surface area contributed by atoms with Gasteiger partial charge in [0.1, 0.15) is 0 Å².